The van der Waals surface area contributed by atoms with Crippen LogP contribution in [0.5, 0.6) is 0 Å². The molecule has 1 aromatic heterocycles. The van der Waals surface area contributed by atoms with Gasteiger partial charge in [-0.05, 0) is 24.3 Å². The van der Waals surface area contributed by atoms with Crippen LogP contribution in [0.1, 0.15) is 0 Å². The third-order valence-electron chi connectivity index (χ3n) is 4.89. The largest absolute Gasteiger partial charge is 0.399 e. The van der Waals surface area contributed by atoms with E-state index in [1.807, 2.05) is 24.3 Å². The van der Waals surface area contributed by atoms with Gasteiger partial charge in [0.2, 0.25) is 5.91 Å². The number of hydrogen-bond donors (Lipinski definition) is 2. The second-order valence-electron chi connectivity index (χ2n) is 6.89. The van der Waals surface area contributed by atoms with Gasteiger partial charge in [-0.2, -0.15) is 0 Å². The minimum Gasteiger partial charge on any atom is -0.399 e. The number of piperazine rings is 1. The van der Waals surface area contributed by atoms with Crippen LogP contribution >= 0.6 is 23.2 Å². The Morgan fingerprint density at radius 1 is 1.07 bits per heavy atom. The fourth-order valence-electron chi connectivity index (χ4n) is 3.45. The molecule has 1 amide bonds. The van der Waals surface area contributed by atoms with Gasteiger partial charge in [0.25, 0.3) is 0 Å². The van der Waals surface area contributed by atoms with E-state index in [4.69, 9.17) is 28.9 Å². The van der Waals surface area contributed by atoms with Gasteiger partial charge in [0.1, 0.15) is 12.1 Å². The topological polar surface area (TPSA) is 87.4 Å². The standard InChI is InChI=1S/C20H20Cl2N6O/c21-15-9-13(23)10-16(22)19(15)26-18(29)11-27-5-7-28(8-6-27)20-14-3-1-2-4-17(14)24-12-25-20/h1-4,9-10,12H,5-8,11,23H2,(H,26,29). The molecule has 9 heteroatoms. The van der Waals surface area contributed by atoms with Gasteiger partial charge in [-0.1, -0.05) is 35.3 Å². The number of halogens is 2. The molecule has 0 saturated carbocycles. The van der Waals surface area contributed by atoms with Crippen molar-refractivity contribution in [2.45, 2.75) is 0 Å². The fraction of sp³-hybridized carbons (Fsp3) is 0.250. The van der Waals surface area contributed by atoms with Crippen molar-refractivity contribution in [3.05, 3.63) is 52.8 Å². The maximum atomic E-state index is 12.5. The van der Waals surface area contributed by atoms with Crippen molar-refractivity contribution in [3.8, 4) is 0 Å². The van der Waals surface area contributed by atoms with Crippen LogP contribution in [0, 0.1) is 0 Å². The average molecular weight is 431 g/mol. The van der Waals surface area contributed by atoms with E-state index >= 15 is 0 Å². The van der Waals surface area contributed by atoms with E-state index in [1.54, 1.807) is 18.5 Å². The smallest absolute Gasteiger partial charge is 0.238 e. The second-order valence-corrected chi connectivity index (χ2v) is 7.70. The summed E-state index contributed by atoms with van der Waals surface area (Å²) in [7, 11) is 0. The Morgan fingerprint density at radius 2 is 1.76 bits per heavy atom. The molecule has 3 N–H and O–H groups in total. The molecule has 3 aromatic rings. The number of carbonyl (C=O) groups is 1. The summed E-state index contributed by atoms with van der Waals surface area (Å²) in [6, 6.07) is 11.1. The van der Waals surface area contributed by atoms with Crippen molar-refractivity contribution >= 4 is 57.2 Å². The van der Waals surface area contributed by atoms with Gasteiger partial charge in [-0.25, -0.2) is 9.97 Å². The molecule has 2 aromatic carbocycles. The first kappa shape index (κ1) is 19.7. The monoisotopic (exact) mass is 430 g/mol. The SMILES string of the molecule is Nc1cc(Cl)c(NC(=O)CN2CCN(c3ncnc4ccccc34)CC2)c(Cl)c1. The highest BCUT2D eigenvalue weighted by Crippen LogP contribution is 2.32. The van der Waals surface area contributed by atoms with Gasteiger partial charge in [-0.3, -0.25) is 9.69 Å². The van der Waals surface area contributed by atoms with E-state index in [1.165, 1.54) is 0 Å². The van der Waals surface area contributed by atoms with Crippen LogP contribution in [0.4, 0.5) is 17.2 Å². The summed E-state index contributed by atoms with van der Waals surface area (Å²) in [6.07, 6.45) is 1.59. The highest BCUT2D eigenvalue weighted by Gasteiger charge is 2.22. The molecule has 1 aliphatic rings. The minimum absolute atomic E-state index is 0.167. The lowest BCUT2D eigenvalue weighted by atomic mass is 10.2. The zero-order chi connectivity index (χ0) is 20.4. The Bertz CT molecular complexity index is 1020. The van der Waals surface area contributed by atoms with Crippen LogP contribution in [0.25, 0.3) is 10.9 Å². The van der Waals surface area contributed by atoms with E-state index in [0.29, 0.717) is 21.4 Å². The Labute approximate surface area is 178 Å². The van der Waals surface area contributed by atoms with Crippen molar-refractivity contribution in [1.29, 1.82) is 0 Å². The maximum Gasteiger partial charge on any atom is 0.238 e. The molecule has 0 spiro atoms. The Hall–Kier alpha value is -2.61. The van der Waals surface area contributed by atoms with Gasteiger partial charge >= 0.3 is 0 Å². The molecule has 29 heavy (non-hydrogen) atoms. The first-order valence-corrected chi connectivity index (χ1v) is 9.98. The number of carbonyl (C=O) groups excluding carboxylic acids is 1. The van der Waals surface area contributed by atoms with Crippen LogP contribution in [0.2, 0.25) is 10.0 Å². The van der Waals surface area contributed by atoms with E-state index in [9.17, 15) is 4.79 Å². The Kier molecular flexibility index (Phi) is 5.71. The molecule has 150 valence electrons. The Morgan fingerprint density at radius 3 is 2.48 bits per heavy atom. The Balaban J connectivity index is 1.37. The normalized spacial score (nSPS) is 14.9. The number of rotatable bonds is 4. The summed E-state index contributed by atoms with van der Waals surface area (Å²) in [5.74, 6) is 0.764. The number of anilines is 3. The third kappa shape index (κ3) is 4.37. The quantitative estimate of drug-likeness (QED) is 0.617. The number of aromatic nitrogens is 2. The average Bonchev–Trinajstić information content (AvgIpc) is 2.71. The van der Waals surface area contributed by atoms with Crippen molar-refractivity contribution in [2.24, 2.45) is 0 Å². The molecule has 0 bridgehead atoms. The molecule has 1 saturated heterocycles. The number of para-hydroxylation sites is 1. The van der Waals surface area contributed by atoms with Gasteiger partial charge in [0.05, 0.1) is 27.8 Å². The molecule has 0 radical (unpaired) electrons. The third-order valence-corrected chi connectivity index (χ3v) is 5.49. The van der Waals surface area contributed by atoms with Gasteiger partial charge in [0, 0.05) is 37.3 Å². The molecule has 0 aliphatic carbocycles. The van der Waals surface area contributed by atoms with Crippen molar-refractivity contribution in [1.82, 2.24) is 14.9 Å². The summed E-state index contributed by atoms with van der Waals surface area (Å²) in [5.41, 5.74) is 7.47. The number of amides is 1. The molecule has 1 fully saturated rings. The van der Waals surface area contributed by atoms with E-state index < -0.39 is 0 Å². The van der Waals surface area contributed by atoms with Crippen LogP contribution in [0.15, 0.2) is 42.7 Å². The number of nitrogen functional groups attached to an aromatic ring is 1. The van der Waals surface area contributed by atoms with Gasteiger partial charge in [0.15, 0.2) is 0 Å². The predicted molar refractivity (Wildman–Crippen MR) is 118 cm³/mol. The van der Waals surface area contributed by atoms with Crippen LogP contribution in [-0.2, 0) is 4.79 Å². The number of benzene rings is 2. The fourth-order valence-corrected chi connectivity index (χ4v) is 4.05. The first-order valence-electron chi connectivity index (χ1n) is 9.22. The van der Waals surface area contributed by atoms with E-state index in [-0.39, 0.29) is 12.5 Å². The zero-order valence-corrected chi connectivity index (χ0v) is 17.1. The number of nitrogens with two attached hydrogens (primary N) is 1. The molecular formula is C20H20Cl2N6O. The van der Waals surface area contributed by atoms with Crippen molar-refractivity contribution in [2.75, 3.05) is 48.7 Å². The molecule has 0 unspecified atom stereocenters. The number of hydrogen-bond acceptors (Lipinski definition) is 6. The highest BCUT2D eigenvalue weighted by atomic mass is 35.5. The molecule has 1 aliphatic heterocycles. The summed E-state index contributed by atoms with van der Waals surface area (Å²) in [6.45, 7) is 3.30. The molecule has 7 nitrogen and oxygen atoms in total. The van der Waals surface area contributed by atoms with Crippen LogP contribution < -0.4 is 16.0 Å². The molecule has 0 atom stereocenters. The second kappa shape index (κ2) is 8.41. The summed E-state index contributed by atoms with van der Waals surface area (Å²) in [4.78, 5) is 25.6. The summed E-state index contributed by atoms with van der Waals surface area (Å²) in [5, 5.41) is 4.47. The lowest BCUT2D eigenvalue weighted by Gasteiger charge is -2.35. The predicted octanol–water partition coefficient (Wildman–Crippen LogP) is 3.28. The summed E-state index contributed by atoms with van der Waals surface area (Å²) < 4.78 is 0. The van der Waals surface area contributed by atoms with Crippen LogP contribution in [-0.4, -0.2) is 53.5 Å². The molecule has 2 heterocycles. The lowest BCUT2D eigenvalue weighted by molar-refractivity contribution is -0.117. The maximum absolute atomic E-state index is 12.5. The van der Waals surface area contributed by atoms with Gasteiger partial charge in [-0.15, -0.1) is 0 Å². The van der Waals surface area contributed by atoms with Crippen molar-refractivity contribution in [3.63, 3.8) is 0 Å². The number of nitrogens with zero attached hydrogens (tertiary/aromatic N) is 4. The number of fused-ring (bicyclic) bond motifs is 1. The van der Waals surface area contributed by atoms with Crippen LogP contribution in [0.3, 0.4) is 0 Å². The molecule has 4 rings (SSSR count). The van der Waals surface area contributed by atoms with E-state index in [0.717, 1.165) is 42.9 Å². The van der Waals surface area contributed by atoms with Gasteiger partial charge < -0.3 is 16.0 Å². The van der Waals surface area contributed by atoms with E-state index in [2.05, 4.69) is 25.1 Å². The highest BCUT2D eigenvalue weighted by molar-refractivity contribution is 6.40. The zero-order valence-electron chi connectivity index (χ0n) is 15.6. The first-order chi connectivity index (χ1) is 14.0. The molecular weight excluding hydrogens is 411 g/mol. The minimum atomic E-state index is -0.167. The van der Waals surface area contributed by atoms with Crippen molar-refractivity contribution < 1.29 is 4.79 Å². The number of nitrogens with one attached hydrogen (secondary N) is 1. The summed E-state index contributed by atoms with van der Waals surface area (Å²) >= 11 is 12.3. The lowest BCUT2D eigenvalue weighted by Crippen LogP contribution is -2.49.